The van der Waals surface area contributed by atoms with Crippen molar-refractivity contribution < 1.29 is 17.9 Å². The Morgan fingerprint density at radius 1 is 1.59 bits per heavy atom. The third-order valence-corrected chi connectivity index (χ3v) is 4.71. The highest BCUT2D eigenvalue weighted by molar-refractivity contribution is 7.89. The Bertz CT molecular complexity index is 502. The lowest BCUT2D eigenvalue weighted by Gasteiger charge is -2.12. The van der Waals surface area contributed by atoms with E-state index in [2.05, 4.69) is 4.72 Å². The topological polar surface area (TPSA) is 79.5 Å². The molecule has 0 aliphatic heterocycles. The highest BCUT2D eigenvalue weighted by Crippen LogP contribution is 2.33. The van der Waals surface area contributed by atoms with Crippen LogP contribution in [0, 0.1) is 12.8 Å². The first-order valence-corrected chi connectivity index (χ1v) is 7.15. The highest BCUT2D eigenvalue weighted by Gasteiger charge is 2.32. The fraction of sp³-hybridized carbons (Fsp3) is 0.636. The van der Waals surface area contributed by atoms with Crippen LogP contribution in [0.1, 0.15) is 31.3 Å². The molecule has 5 nitrogen and oxygen atoms in total. The lowest BCUT2D eigenvalue weighted by atomic mass is 10.2. The molecule has 0 amide bonds. The van der Waals surface area contributed by atoms with Gasteiger partial charge in [0.2, 0.25) is 10.0 Å². The van der Waals surface area contributed by atoms with Crippen LogP contribution in [0.5, 0.6) is 0 Å². The molecule has 0 aromatic carbocycles. The number of aliphatic hydroxyl groups excluding tert-OH is 1. The number of sulfonamides is 1. The van der Waals surface area contributed by atoms with Gasteiger partial charge in [0.15, 0.2) is 0 Å². The number of hydrogen-bond acceptors (Lipinski definition) is 4. The smallest absolute Gasteiger partial charge is 0.244 e. The molecule has 0 spiro atoms. The summed E-state index contributed by atoms with van der Waals surface area (Å²) in [6, 6.07) is 1.32. The van der Waals surface area contributed by atoms with Crippen molar-refractivity contribution in [3.63, 3.8) is 0 Å². The summed E-state index contributed by atoms with van der Waals surface area (Å²) in [5.41, 5.74) is 0. The average molecular weight is 259 g/mol. The van der Waals surface area contributed by atoms with E-state index in [1.807, 2.05) is 6.92 Å². The molecule has 2 rings (SSSR count). The van der Waals surface area contributed by atoms with E-state index in [9.17, 15) is 8.42 Å². The van der Waals surface area contributed by atoms with E-state index in [-0.39, 0.29) is 23.3 Å². The van der Waals surface area contributed by atoms with Gasteiger partial charge in [0, 0.05) is 12.1 Å². The standard InChI is InChI=1S/C11H17NO4S/c1-7(9-3-4-9)12-17(14,15)11-5-10(6-13)16-8(11)2/h5,7,9,12-13H,3-4,6H2,1-2H3. The van der Waals surface area contributed by atoms with Crippen molar-refractivity contribution in [1.29, 1.82) is 0 Å². The van der Waals surface area contributed by atoms with Gasteiger partial charge in [-0.3, -0.25) is 0 Å². The molecule has 1 atom stereocenters. The number of aliphatic hydroxyl groups is 1. The van der Waals surface area contributed by atoms with Crippen LogP contribution in [-0.4, -0.2) is 19.6 Å². The van der Waals surface area contributed by atoms with Crippen molar-refractivity contribution in [1.82, 2.24) is 4.72 Å². The minimum atomic E-state index is -3.54. The second-order valence-electron chi connectivity index (χ2n) is 4.54. The molecule has 1 aliphatic rings. The molecule has 1 fully saturated rings. The summed E-state index contributed by atoms with van der Waals surface area (Å²) in [5.74, 6) is 1.03. The molecule has 96 valence electrons. The van der Waals surface area contributed by atoms with Crippen molar-refractivity contribution >= 4 is 10.0 Å². The van der Waals surface area contributed by atoms with E-state index in [0.29, 0.717) is 11.7 Å². The molecule has 6 heteroatoms. The van der Waals surface area contributed by atoms with Gasteiger partial charge >= 0.3 is 0 Å². The lowest BCUT2D eigenvalue weighted by molar-refractivity contribution is 0.244. The first kappa shape index (κ1) is 12.6. The van der Waals surface area contributed by atoms with Crippen LogP contribution in [0.2, 0.25) is 0 Å². The zero-order chi connectivity index (χ0) is 12.6. The SMILES string of the molecule is Cc1oc(CO)cc1S(=O)(=O)NC(C)C1CC1. The van der Waals surface area contributed by atoms with Crippen LogP contribution < -0.4 is 4.72 Å². The molecule has 0 radical (unpaired) electrons. The zero-order valence-corrected chi connectivity index (χ0v) is 10.8. The summed E-state index contributed by atoms with van der Waals surface area (Å²) >= 11 is 0. The molecule has 1 saturated carbocycles. The van der Waals surface area contributed by atoms with Gasteiger partial charge in [-0.05, 0) is 32.6 Å². The van der Waals surface area contributed by atoms with Crippen molar-refractivity contribution in [3.8, 4) is 0 Å². The minimum absolute atomic E-state index is 0.0492. The number of hydrogen-bond donors (Lipinski definition) is 2. The average Bonchev–Trinajstić information content (AvgIpc) is 3.01. The van der Waals surface area contributed by atoms with Crippen LogP contribution in [0.4, 0.5) is 0 Å². The molecular formula is C11H17NO4S. The monoisotopic (exact) mass is 259 g/mol. The third-order valence-electron chi connectivity index (χ3n) is 3.04. The van der Waals surface area contributed by atoms with E-state index in [4.69, 9.17) is 9.52 Å². The highest BCUT2D eigenvalue weighted by atomic mass is 32.2. The normalized spacial score (nSPS) is 18.3. The maximum Gasteiger partial charge on any atom is 0.244 e. The second-order valence-corrected chi connectivity index (χ2v) is 6.22. The largest absolute Gasteiger partial charge is 0.462 e. The Hall–Kier alpha value is -0.850. The van der Waals surface area contributed by atoms with Crippen LogP contribution in [0.25, 0.3) is 0 Å². The van der Waals surface area contributed by atoms with E-state index in [0.717, 1.165) is 12.8 Å². The van der Waals surface area contributed by atoms with Crippen molar-refractivity contribution in [2.24, 2.45) is 5.92 Å². The summed E-state index contributed by atoms with van der Waals surface area (Å²) in [4.78, 5) is 0.119. The van der Waals surface area contributed by atoms with Gasteiger partial charge in [-0.25, -0.2) is 13.1 Å². The summed E-state index contributed by atoms with van der Waals surface area (Å²) in [6.45, 7) is 3.15. The molecule has 1 heterocycles. The molecule has 1 aliphatic carbocycles. The Kier molecular flexibility index (Phi) is 3.29. The van der Waals surface area contributed by atoms with Crippen LogP contribution in [0.3, 0.4) is 0 Å². The van der Waals surface area contributed by atoms with Crippen molar-refractivity contribution in [3.05, 3.63) is 17.6 Å². The maximum absolute atomic E-state index is 12.1. The van der Waals surface area contributed by atoms with Crippen LogP contribution >= 0.6 is 0 Å². The van der Waals surface area contributed by atoms with Crippen LogP contribution in [0.15, 0.2) is 15.4 Å². The zero-order valence-electron chi connectivity index (χ0n) is 9.93. The van der Waals surface area contributed by atoms with Gasteiger partial charge in [-0.15, -0.1) is 0 Å². The van der Waals surface area contributed by atoms with Gasteiger partial charge in [-0.2, -0.15) is 0 Å². The second kappa shape index (κ2) is 4.44. The van der Waals surface area contributed by atoms with E-state index < -0.39 is 10.0 Å². The van der Waals surface area contributed by atoms with Gasteiger partial charge in [0.25, 0.3) is 0 Å². The summed E-state index contributed by atoms with van der Waals surface area (Å²) in [5, 5.41) is 8.91. The third kappa shape index (κ3) is 2.70. The van der Waals surface area contributed by atoms with Gasteiger partial charge in [-0.1, -0.05) is 0 Å². The molecule has 2 N–H and O–H groups in total. The van der Waals surface area contributed by atoms with Crippen molar-refractivity contribution in [2.75, 3.05) is 0 Å². The Morgan fingerprint density at radius 3 is 2.71 bits per heavy atom. The number of nitrogens with one attached hydrogen (secondary N) is 1. The molecule has 0 saturated heterocycles. The quantitative estimate of drug-likeness (QED) is 0.831. The summed E-state index contributed by atoms with van der Waals surface area (Å²) in [6.07, 6.45) is 2.16. The van der Waals surface area contributed by atoms with Gasteiger partial charge in [0.1, 0.15) is 23.0 Å². The fourth-order valence-electron chi connectivity index (χ4n) is 1.87. The molecule has 1 aromatic heterocycles. The summed E-state index contributed by atoms with van der Waals surface area (Å²) < 4.78 is 31.9. The molecule has 0 bridgehead atoms. The summed E-state index contributed by atoms with van der Waals surface area (Å²) in [7, 11) is -3.54. The van der Waals surface area contributed by atoms with Crippen LogP contribution in [-0.2, 0) is 16.6 Å². The van der Waals surface area contributed by atoms with Gasteiger partial charge in [0.05, 0.1) is 0 Å². The minimum Gasteiger partial charge on any atom is -0.462 e. The first-order chi connectivity index (χ1) is 7.94. The predicted molar refractivity (Wildman–Crippen MR) is 61.9 cm³/mol. The maximum atomic E-state index is 12.1. The Balaban J connectivity index is 2.20. The number of furan rings is 1. The number of aryl methyl sites for hydroxylation is 1. The van der Waals surface area contributed by atoms with E-state index >= 15 is 0 Å². The predicted octanol–water partition coefficient (Wildman–Crippen LogP) is 1.16. The fourth-order valence-corrected chi connectivity index (χ4v) is 3.39. The molecule has 1 unspecified atom stereocenters. The van der Waals surface area contributed by atoms with Crippen molar-refractivity contribution in [2.45, 2.75) is 44.2 Å². The van der Waals surface area contributed by atoms with E-state index in [1.54, 1.807) is 6.92 Å². The molecular weight excluding hydrogens is 242 g/mol. The Labute approximate surface area is 101 Å². The Morgan fingerprint density at radius 2 is 2.24 bits per heavy atom. The van der Waals surface area contributed by atoms with Gasteiger partial charge < -0.3 is 9.52 Å². The number of rotatable bonds is 5. The lowest BCUT2D eigenvalue weighted by Crippen LogP contribution is -2.34. The first-order valence-electron chi connectivity index (χ1n) is 5.66. The van der Waals surface area contributed by atoms with E-state index in [1.165, 1.54) is 6.07 Å². The molecule has 17 heavy (non-hydrogen) atoms. The molecule has 1 aromatic rings.